The maximum absolute atomic E-state index is 12.6. The van der Waals surface area contributed by atoms with Gasteiger partial charge in [-0.3, -0.25) is 4.79 Å². The van der Waals surface area contributed by atoms with Crippen molar-refractivity contribution in [1.82, 2.24) is 4.90 Å². The van der Waals surface area contributed by atoms with Crippen molar-refractivity contribution in [3.8, 4) is 5.75 Å². The summed E-state index contributed by atoms with van der Waals surface area (Å²) in [7, 11) is 0. The minimum atomic E-state index is -4.36. The molecule has 0 aromatic heterocycles. The highest BCUT2D eigenvalue weighted by molar-refractivity contribution is 5.97. The van der Waals surface area contributed by atoms with E-state index in [1.54, 1.807) is 29.2 Å². The summed E-state index contributed by atoms with van der Waals surface area (Å²) in [6.07, 6.45) is -4.36. The smallest absolute Gasteiger partial charge is 0.416 e. The van der Waals surface area contributed by atoms with Crippen molar-refractivity contribution in [2.45, 2.75) is 12.7 Å². The molecule has 0 bridgehead atoms. The van der Waals surface area contributed by atoms with E-state index in [9.17, 15) is 18.0 Å². The Kier molecular flexibility index (Phi) is 3.98. The highest BCUT2D eigenvalue weighted by Gasteiger charge is 2.30. The van der Waals surface area contributed by atoms with E-state index in [0.29, 0.717) is 30.0 Å². The largest absolute Gasteiger partial charge is 0.491 e. The van der Waals surface area contributed by atoms with Crippen LogP contribution in [-0.2, 0) is 12.7 Å². The Labute approximate surface area is 131 Å². The summed E-state index contributed by atoms with van der Waals surface area (Å²) in [6.45, 7) is 0.979. The highest BCUT2D eigenvalue weighted by atomic mass is 19.4. The van der Waals surface area contributed by atoms with Crippen molar-refractivity contribution < 1.29 is 22.7 Å². The molecule has 1 aliphatic heterocycles. The van der Waals surface area contributed by atoms with E-state index in [0.717, 1.165) is 12.1 Å². The van der Waals surface area contributed by atoms with Gasteiger partial charge in [0.15, 0.2) is 0 Å². The van der Waals surface area contributed by atoms with E-state index in [2.05, 4.69) is 0 Å². The van der Waals surface area contributed by atoms with Gasteiger partial charge in [-0.05, 0) is 29.8 Å². The molecule has 2 aromatic rings. The zero-order valence-electron chi connectivity index (χ0n) is 12.1. The van der Waals surface area contributed by atoms with Crippen molar-refractivity contribution in [3.05, 3.63) is 65.2 Å². The van der Waals surface area contributed by atoms with Crippen LogP contribution in [0.15, 0.2) is 48.5 Å². The SMILES string of the molecule is O=C1c2ccccc2OCCN1Cc1ccc(C(F)(F)F)cc1. The number of hydrogen-bond acceptors (Lipinski definition) is 2. The molecule has 120 valence electrons. The van der Waals surface area contributed by atoms with Crippen molar-refractivity contribution in [1.29, 1.82) is 0 Å². The molecule has 3 rings (SSSR count). The van der Waals surface area contributed by atoms with Crippen LogP contribution < -0.4 is 4.74 Å². The second kappa shape index (κ2) is 5.95. The molecule has 0 fully saturated rings. The Morgan fingerprint density at radius 3 is 2.43 bits per heavy atom. The van der Waals surface area contributed by atoms with E-state index >= 15 is 0 Å². The molecule has 3 nitrogen and oxygen atoms in total. The molecule has 23 heavy (non-hydrogen) atoms. The topological polar surface area (TPSA) is 29.5 Å². The lowest BCUT2D eigenvalue weighted by Gasteiger charge is -2.20. The first-order valence-electron chi connectivity index (χ1n) is 7.12. The van der Waals surface area contributed by atoms with Crippen molar-refractivity contribution >= 4 is 5.91 Å². The van der Waals surface area contributed by atoms with Crippen LogP contribution in [0.3, 0.4) is 0 Å². The van der Waals surface area contributed by atoms with Crippen LogP contribution >= 0.6 is 0 Å². The lowest BCUT2D eigenvalue weighted by molar-refractivity contribution is -0.137. The number of ether oxygens (including phenoxy) is 1. The molecule has 0 spiro atoms. The number of fused-ring (bicyclic) bond motifs is 1. The van der Waals surface area contributed by atoms with E-state index in [1.807, 2.05) is 0 Å². The minimum absolute atomic E-state index is 0.182. The van der Waals surface area contributed by atoms with Gasteiger partial charge in [-0.15, -0.1) is 0 Å². The van der Waals surface area contributed by atoms with Gasteiger partial charge in [-0.1, -0.05) is 24.3 Å². The summed E-state index contributed by atoms with van der Waals surface area (Å²) in [5, 5.41) is 0. The van der Waals surface area contributed by atoms with Gasteiger partial charge in [0.05, 0.1) is 17.7 Å². The quantitative estimate of drug-likeness (QED) is 0.843. The van der Waals surface area contributed by atoms with E-state index in [1.165, 1.54) is 12.1 Å². The van der Waals surface area contributed by atoms with Crippen LogP contribution in [0.5, 0.6) is 5.75 Å². The van der Waals surface area contributed by atoms with Gasteiger partial charge in [0.2, 0.25) is 0 Å². The molecule has 2 aromatic carbocycles. The number of hydrogen-bond donors (Lipinski definition) is 0. The number of para-hydroxylation sites is 1. The number of carbonyl (C=O) groups is 1. The van der Waals surface area contributed by atoms with E-state index < -0.39 is 11.7 Å². The molecule has 1 aliphatic rings. The third kappa shape index (κ3) is 3.31. The third-order valence-corrected chi connectivity index (χ3v) is 3.68. The van der Waals surface area contributed by atoms with Gasteiger partial charge in [0.1, 0.15) is 12.4 Å². The predicted octanol–water partition coefficient (Wildman–Crippen LogP) is 3.74. The average molecular weight is 321 g/mol. The van der Waals surface area contributed by atoms with Gasteiger partial charge < -0.3 is 9.64 Å². The van der Waals surface area contributed by atoms with Gasteiger partial charge in [0, 0.05) is 6.54 Å². The molecule has 0 unspecified atom stereocenters. The molecule has 1 heterocycles. The molecule has 1 amide bonds. The van der Waals surface area contributed by atoms with Gasteiger partial charge in [-0.25, -0.2) is 0 Å². The van der Waals surface area contributed by atoms with Crippen LogP contribution in [0.4, 0.5) is 13.2 Å². The molecular formula is C17H14F3NO2. The number of rotatable bonds is 2. The molecule has 0 saturated heterocycles. The summed E-state index contributed by atoms with van der Waals surface area (Å²) in [5.41, 5.74) is 0.416. The minimum Gasteiger partial charge on any atom is -0.491 e. The maximum Gasteiger partial charge on any atom is 0.416 e. The molecule has 0 atom stereocenters. The Bertz CT molecular complexity index is 711. The molecule has 0 N–H and O–H groups in total. The van der Waals surface area contributed by atoms with Crippen molar-refractivity contribution in [3.63, 3.8) is 0 Å². The fourth-order valence-electron chi connectivity index (χ4n) is 2.48. The maximum atomic E-state index is 12.6. The number of carbonyl (C=O) groups excluding carboxylic acids is 1. The second-order valence-electron chi connectivity index (χ2n) is 5.27. The van der Waals surface area contributed by atoms with Gasteiger partial charge >= 0.3 is 6.18 Å². The predicted molar refractivity (Wildman–Crippen MR) is 78.1 cm³/mol. The molecular weight excluding hydrogens is 307 g/mol. The standard InChI is InChI=1S/C17H14F3NO2/c18-17(19,20)13-7-5-12(6-8-13)11-21-9-10-23-15-4-2-1-3-14(15)16(21)22/h1-8H,9-11H2. The lowest BCUT2D eigenvalue weighted by Crippen LogP contribution is -2.31. The summed E-state index contributed by atoms with van der Waals surface area (Å²) in [6, 6.07) is 11.8. The monoisotopic (exact) mass is 321 g/mol. The first-order chi connectivity index (χ1) is 10.9. The van der Waals surface area contributed by atoms with Crippen LogP contribution in [0.25, 0.3) is 0 Å². The zero-order chi connectivity index (χ0) is 16.4. The Hall–Kier alpha value is -2.50. The number of amides is 1. The van der Waals surface area contributed by atoms with Gasteiger partial charge in [0.25, 0.3) is 5.91 Å². The van der Waals surface area contributed by atoms with Crippen LogP contribution in [-0.4, -0.2) is 24.0 Å². The summed E-state index contributed by atoms with van der Waals surface area (Å²) in [5.74, 6) is 0.352. The first-order valence-corrected chi connectivity index (χ1v) is 7.12. The van der Waals surface area contributed by atoms with Crippen molar-refractivity contribution in [2.75, 3.05) is 13.2 Å². The fourth-order valence-corrected chi connectivity index (χ4v) is 2.48. The van der Waals surface area contributed by atoms with Crippen LogP contribution in [0.2, 0.25) is 0 Å². The van der Waals surface area contributed by atoms with Crippen molar-refractivity contribution in [2.24, 2.45) is 0 Å². The number of halogens is 3. The lowest BCUT2D eigenvalue weighted by atomic mass is 10.1. The summed E-state index contributed by atoms with van der Waals surface area (Å²) < 4.78 is 43.3. The second-order valence-corrected chi connectivity index (χ2v) is 5.27. The van der Waals surface area contributed by atoms with Crippen LogP contribution in [0, 0.1) is 0 Å². The molecule has 0 saturated carbocycles. The number of nitrogens with zero attached hydrogens (tertiary/aromatic N) is 1. The molecule has 0 radical (unpaired) electrons. The Morgan fingerprint density at radius 2 is 1.74 bits per heavy atom. The highest BCUT2D eigenvalue weighted by Crippen LogP contribution is 2.29. The van der Waals surface area contributed by atoms with Crippen LogP contribution in [0.1, 0.15) is 21.5 Å². The number of alkyl halides is 3. The fraction of sp³-hybridized carbons (Fsp3) is 0.235. The van der Waals surface area contributed by atoms with E-state index in [-0.39, 0.29) is 12.5 Å². The van der Waals surface area contributed by atoms with E-state index in [4.69, 9.17) is 4.74 Å². The summed E-state index contributed by atoms with van der Waals surface area (Å²) in [4.78, 5) is 14.1. The number of benzene rings is 2. The molecule has 6 heteroatoms. The summed E-state index contributed by atoms with van der Waals surface area (Å²) >= 11 is 0. The normalized spacial score (nSPS) is 14.9. The molecule has 0 aliphatic carbocycles. The Balaban J connectivity index is 1.79. The average Bonchev–Trinajstić information content (AvgIpc) is 2.67. The third-order valence-electron chi connectivity index (χ3n) is 3.68. The zero-order valence-corrected chi connectivity index (χ0v) is 12.1. The Morgan fingerprint density at radius 1 is 1.04 bits per heavy atom. The first kappa shape index (κ1) is 15.4. The van der Waals surface area contributed by atoms with Gasteiger partial charge in [-0.2, -0.15) is 13.2 Å².